The number of methoxy groups -OCH3 is 2. The van der Waals surface area contributed by atoms with E-state index in [4.69, 9.17) is 33.9 Å². The summed E-state index contributed by atoms with van der Waals surface area (Å²) in [5.74, 6) is -3.70. The van der Waals surface area contributed by atoms with Crippen molar-refractivity contribution >= 4 is 35.4 Å². The van der Waals surface area contributed by atoms with Crippen molar-refractivity contribution in [2.45, 2.75) is 77.8 Å². The minimum absolute atomic E-state index is 0.0512. The summed E-state index contributed by atoms with van der Waals surface area (Å²) in [6, 6.07) is 12.7. The molecule has 0 saturated carbocycles. The second-order valence-corrected chi connectivity index (χ2v) is 13.1. The number of rotatable bonds is 18. The number of aliphatic hydroxyl groups is 3. The Balaban J connectivity index is 0.000000453. The zero-order valence-corrected chi connectivity index (χ0v) is 31.9. The lowest BCUT2D eigenvalue weighted by Crippen LogP contribution is -2.32. The van der Waals surface area contributed by atoms with Gasteiger partial charge in [0, 0.05) is 25.3 Å². The molecule has 300 valence electrons. The van der Waals surface area contributed by atoms with E-state index < -0.39 is 58.8 Å². The molecule has 1 aliphatic rings. The third-order valence-electron chi connectivity index (χ3n) is 7.78. The minimum Gasteiger partial charge on any atom is -0.491 e. The molecule has 4 atom stereocenters. The number of carbonyl (C=O) groups is 6. The van der Waals surface area contributed by atoms with Crippen molar-refractivity contribution in [3.8, 4) is 11.5 Å². The zero-order chi connectivity index (χ0) is 41.2. The van der Waals surface area contributed by atoms with Gasteiger partial charge in [-0.05, 0) is 90.1 Å². The van der Waals surface area contributed by atoms with E-state index >= 15 is 0 Å². The molecular weight excluding hydrogens is 712 g/mol. The summed E-state index contributed by atoms with van der Waals surface area (Å²) in [7, 11) is 2.89. The Bertz CT molecular complexity index is 1520. The Hall–Kier alpha value is -4.74. The first-order valence-corrected chi connectivity index (χ1v) is 17.0. The molecule has 1 saturated heterocycles. The Labute approximate surface area is 314 Å². The number of ether oxygens (including phenoxy) is 6. The maximum Gasteiger partial charge on any atom is 0.319 e. The summed E-state index contributed by atoms with van der Waals surface area (Å²) in [4.78, 5) is 67.9. The number of Topliss-reactive ketones (excluding diaryl/α,β-unsaturated/α-hetero) is 2. The second-order valence-electron chi connectivity index (χ2n) is 13.1. The minimum atomic E-state index is -1.46. The van der Waals surface area contributed by atoms with E-state index in [1.165, 1.54) is 54.0 Å². The molecule has 1 aliphatic heterocycles. The molecular formula is C38H52O16. The summed E-state index contributed by atoms with van der Waals surface area (Å²) >= 11 is 0. The lowest BCUT2D eigenvalue weighted by molar-refractivity contribution is -0.158. The molecule has 16 nitrogen and oxygen atoms in total. The van der Waals surface area contributed by atoms with Gasteiger partial charge in [0.1, 0.15) is 42.5 Å². The first kappa shape index (κ1) is 47.3. The third-order valence-corrected chi connectivity index (χ3v) is 7.78. The van der Waals surface area contributed by atoms with Crippen LogP contribution in [0.25, 0.3) is 0 Å². The van der Waals surface area contributed by atoms with Crippen LogP contribution in [0.1, 0.15) is 75.1 Å². The van der Waals surface area contributed by atoms with Gasteiger partial charge in [0.15, 0.2) is 11.6 Å². The number of benzene rings is 2. The van der Waals surface area contributed by atoms with Crippen LogP contribution in [0.5, 0.6) is 11.5 Å². The average Bonchev–Trinajstić information content (AvgIpc) is 3.47. The fourth-order valence-corrected chi connectivity index (χ4v) is 4.49. The molecule has 2 aromatic rings. The van der Waals surface area contributed by atoms with Crippen LogP contribution in [0.2, 0.25) is 0 Å². The number of hydrogen-bond donors (Lipinski definition) is 4. The van der Waals surface area contributed by atoms with Gasteiger partial charge in [0.25, 0.3) is 0 Å². The number of carboxylic acid groups (broad SMARTS) is 1. The molecule has 54 heavy (non-hydrogen) atoms. The second kappa shape index (κ2) is 22.5. The Morgan fingerprint density at radius 2 is 1.24 bits per heavy atom. The first-order valence-electron chi connectivity index (χ1n) is 17.0. The van der Waals surface area contributed by atoms with Crippen LogP contribution < -0.4 is 9.47 Å². The number of ketones is 2. The SMILES string of the molecule is CC(C)(O)C(=O)c1ccc(OCCO)cc1.COC(C)C(CC(=O)O)C(=O)OCCOc1ccc(C(=O)C(C)(C)O)cc1.COC(C)C1CC(=O)OC1=O. The van der Waals surface area contributed by atoms with Crippen molar-refractivity contribution in [3.63, 3.8) is 0 Å². The largest absolute Gasteiger partial charge is 0.491 e. The summed E-state index contributed by atoms with van der Waals surface area (Å²) in [6.07, 6.45) is -1.07. The monoisotopic (exact) mass is 764 g/mol. The maximum atomic E-state index is 12.0. The van der Waals surface area contributed by atoms with Crippen molar-refractivity contribution in [2.24, 2.45) is 11.8 Å². The smallest absolute Gasteiger partial charge is 0.319 e. The Morgan fingerprint density at radius 1 is 0.778 bits per heavy atom. The molecule has 2 aromatic carbocycles. The molecule has 0 bridgehead atoms. The van der Waals surface area contributed by atoms with Crippen LogP contribution in [0.4, 0.5) is 0 Å². The number of carboxylic acids is 1. The quantitative estimate of drug-likeness (QED) is 0.0739. The first-order chi connectivity index (χ1) is 25.2. The van der Waals surface area contributed by atoms with Crippen LogP contribution in [-0.2, 0) is 38.1 Å². The maximum absolute atomic E-state index is 12.0. The Kier molecular flexibility index (Phi) is 19.7. The van der Waals surface area contributed by atoms with Gasteiger partial charge in [-0.15, -0.1) is 0 Å². The van der Waals surface area contributed by atoms with Crippen LogP contribution in [0.3, 0.4) is 0 Å². The fourth-order valence-electron chi connectivity index (χ4n) is 4.49. The highest BCUT2D eigenvalue weighted by Crippen LogP contribution is 2.21. The predicted molar refractivity (Wildman–Crippen MR) is 191 cm³/mol. The Morgan fingerprint density at radius 3 is 1.59 bits per heavy atom. The molecule has 1 heterocycles. The van der Waals surface area contributed by atoms with Crippen molar-refractivity contribution in [3.05, 3.63) is 59.7 Å². The number of hydrogen-bond acceptors (Lipinski definition) is 15. The standard InChI is InChI=1S/C19H26O8.C12H16O4.C7H10O4/c1-12(25-4)15(11-16(20)21)18(23)27-10-9-26-14-7-5-13(6-8-14)17(22)19(2,3)24;1-12(2,15)11(14)9-3-5-10(6-4-9)16-8-7-13;1-4(10-2)5-3-6(8)11-7(5)9/h5-8,12,15,24H,9-11H2,1-4H3,(H,20,21);3-6,13,15H,7-8H2,1-2H3;4-5H,3H2,1-2H3. The van der Waals surface area contributed by atoms with Gasteiger partial charge in [0.05, 0.1) is 43.5 Å². The van der Waals surface area contributed by atoms with Gasteiger partial charge in [-0.3, -0.25) is 28.8 Å². The number of carbonyl (C=O) groups excluding carboxylic acids is 5. The van der Waals surface area contributed by atoms with Crippen LogP contribution in [0.15, 0.2) is 48.5 Å². The lowest BCUT2D eigenvalue weighted by atomic mass is 9.97. The molecule has 4 N–H and O–H groups in total. The molecule has 0 aliphatic carbocycles. The summed E-state index contributed by atoms with van der Waals surface area (Å²) < 4.78 is 29.9. The van der Waals surface area contributed by atoms with Crippen LogP contribution in [0, 0.1) is 11.8 Å². The molecule has 4 unspecified atom stereocenters. The molecule has 0 spiro atoms. The predicted octanol–water partition coefficient (Wildman–Crippen LogP) is 2.81. The topological polar surface area (TPSA) is 239 Å². The number of cyclic esters (lactones) is 2. The molecule has 0 radical (unpaired) electrons. The van der Waals surface area contributed by atoms with E-state index in [1.54, 1.807) is 50.2 Å². The summed E-state index contributed by atoms with van der Waals surface area (Å²) in [6.45, 7) is 9.24. The summed E-state index contributed by atoms with van der Waals surface area (Å²) in [5, 5.41) is 36.7. The van der Waals surface area contributed by atoms with Gasteiger partial charge in [-0.25, -0.2) is 0 Å². The fraction of sp³-hybridized carbons (Fsp3) is 0.526. The zero-order valence-electron chi connectivity index (χ0n) is 31.9. The van der Waals surface area contributed by atoms with Crippen molar-refractivity contribution in [1.29, 1.82) is 0 Å². The van der Waals surface area contributed by atoms with Gasteiger partial charge >= 0.3 is 23.9 Å². The van der Waals surface area contributed by atoms with Gasteiger partial charge in [-0.1, -0.05) is 0 Å². The molecule has 16 heteroatoms. The highest BCUT2D eigenvalue weighted by atomic mass is 16.6. The van der Waals surface area contributed by atoms with Crippen LogP contribution >= 0.6 is 0 Å². The normalized spacial score (nSPS) is 15.6. The highest BCUT2D eigenvalue weighted by Gasteiger charge is 2.37. The van der Waals surface area contributed by atoms with Crippen molar-refractivity contribution in [1.82, 2.24) is 0 Å². The summed E-state index contributed by atoms with van der Waals surface area (Å²) in [5.41, 5.74) is -2.04. The molecule has 1 fully saturated rings. The van der Waals surface area contributed by atoms with E-state index in [1.807, 2.05) is 0 Å². The lowest BCUT2D eigenvalue weighted by Gasteiger charge is -2.19. The van der Waals surface area contributed by atoms with E-state index in [0.29, 0.717) is 22.6 Å². The number of aliphatic carboxylic acids is 1. The van der Waals surface area contributed by atoms with Gasteiger partial charge < -0.3 is 48.8 Å². The third kappa shape index (κ3) is 16.5. The van der Waals surface area contributed by atoms with E-state index in [-0.39, 0.29) is 51.2 Å². The van der Waals surface area contributed by atoms with E-state index in [9.17, 15) is 39.0 Å². The highest BCUT2D eigenvalue weighted by molar-refractivity contribution is 6.02. The van der Waals surface area contributed by atoms with Crippen molar-refractivity contribution in [2.75, 3.05) is 40.6 Å². The van der Waals surface area contributed by atoms with Crippen molar-refractivity contribution < 1.29 is 77.6 Å². The average molecular weight is 765 g/mol. The van der Waals surface area contributed by atoms with E-state index in [0.717, 1.165) is 0 Å². The van der Waals surface area contributed by atoms with Crippen LogP contribution in [-0.4, -0.2) is 120 Å². The van der Waals surface area contributed by atoms with E-state index in [2.05, 4.69) is 4.74 Å². The molecule has 0 aromatic heterocycles. The van der Waals surface area contributed by atoms with Gasteiger partial charge in [-0.2, -0.15) is 0 Å². The molecule has 3 rings (SSSR count). The molecule has 0 amide bonds. The number of aliphatic hydroxyl groups excluding tert-OH is 1. The van der Waals surface area contributed by atoms with Gasteiger partial charge in [0.2, 0.25) is 0 Å². The number of esters is 3.